The lowest BCUT2D eigenvalue weighted by atomic mass is 10.2. The molecule has 0 spiro atoms. The van der Waals surface area contributed by atoms with Crippen molar-refractivity contribution < 1.29 is 19.3 Å². The van der Waals surface area contributed by atoms with Crippen LogP contribution in [0.15, 0.2) is 18.2 Å². The highest BCUT2D eigenvalue weighted by Crippen LogP contribution is 2.39. The van der Waals surface area contributed by atoms with Gasteiger partial charge in [-0.15, -0.1) is 0 Å². The van der Waals surface area contributed by atoms with Gasteiger partial charge in [0.2, 0.25) is 5.88 Å². The Labute approximate surface area is 183 Å². The average molecular weight is 433 g/mol. The molecule has 0 unspecified atom stereocenters. The predicted molar refractivity (Wildman–Crippen MR) is 120 cm³/mol. The first-order valence-electron chi connectivity index (χ1n) is 11.1. The molecule has 2 aromatic rings. The minimum atomic E-state index is -0.258. The summed E-state index contributed by atoms with van der Waals surface area (Å²) < 4.78 is 20.7. The minimum Gasteiger partial charge on any atom is -0.495 e. The number of hydrogen-bond donors (Lipinski definition) is 3. The number of halogens is 1. The van der Waals surface area contributed by atoms with E-state index in [2.05, 4.69) is 15.1 Å². The van der Waals surface area contributed by atoms with Crippen LogP contribution in [0, 0.1) is 18.7 Å². The zero-order valence-corrected chi connectivity index (χ0v) is 18.4. The summed E-state index contributed by atoms with van der Waals surface area (Å²) in [5, 5.41) is 24.3. The number of nitrogens with zero attached hydrogens (tertiary/aromatic N) is 3. The summed E-state index contributed by atoms with van der Waals surface area (Å²) in [6, 6.07) is 4.62. The number of methoxy groups -OCH3 is 1. The van der Waals surface area contributed by atoms with Crippen LogP contribution in [0.25, 0.3) is 0 Å². The molecule has 1 saturated heterocycles. The maximum atomic E-state index is 13.7. The van der Waals surface area contributed by atoms with E-state index in [1.165, 1.54) is 25.0 Å². The van der Waals surface area contributed by atoms with E-state index in [1.54, 1.807) is 17.7 Å². The van der Waals surface area contributed by atoms with Gasteiger partial charge in [-0.1, -0.05) is 0 Å². The Morgan fingerprint density at radius 1 is 1.10 bits per heavy atom. The van der Waals surface area contributed by atoms with Crippen LogP contribution in [0.1, 0.15) is 24.8 Å². The van der Waals surface area contributed by atoms with Crippen LogP contribution in [0.5, 0.6) is 17.5 Å². The normalized spacial score (nSPS) is 17.2. The molecule has 1 aromatic carbocycles. The first kappa shape index (κ1) is 21.6. The van der Waals surface area contributed by atoms with Gasteiger partial charge in [-0.3, -0.25) is 9.47 Å². The fourth-order valence-electron chi connectivity index (χ4n) is 4.28. The van der Waals surface area contributed by atoms with Crippen LogP contribution in [0.2, 0.25) is 0 Å². The second kappa shape index (κ2) is 9.26. The van der Waals surface area contributed by atoms with Crippen molar-refractivity contribution in [2.24, 2.45) is 5.92 Å². The SMILES string of the molecule is COc1ccc(F)cc1N1CCN(CCCn2c(O)c(C)c(NCC3CC3)c2O)CC1. The molecule has 1 aliphatic carbocycles. The molecule has 2 heterocycles. The Bertz CT molecular complexity index is 905. The molecule has 0 atom stereocenters. The lowest BCUT2D eigenvalue weighted by molar-refractivity contribution is 0.245. The van der Waals surface area contributed by atoms with Crippen LogP contribution in [0.4, 0.5) is 15.8 Å². The number of aromatic hydroxyl groups is 2. The zero-order chi connectivity index (χ0) is 22.0. The molecule has 170 valence electrons. The van der Waals surface area contributed by atoms with Crippen LogP contribution >= 0.6 is 0 Å². The maximum absolute atomic E-state index is 13.7. The van der Waals surface area contributed by atoms with Crippen LogP contribution in [-0.4, -0.2) is 66.1 Å². The molecule has 0 bridgehead atoms. The summed E-state index contributed by atoms with van der Waals surface area (Å²) in [6.45, 7) is 7.45. The zero-order valence-electron chi connectivity index (χ0n) is 18.4. The molecule has 1 saturated carbocycles. The molecule has 7 nitrogen and oxygen atoms in total. The highest BCUT2D eigenvalue weighted by Gasteiger charge is 2.25. The van der Waals surface area contributed by atoms with Gasteiger partial charge in [-0.05, 0) is 50.8 Å². The second-order valence-electron chi connectivity index (χ2n) is 8.62. The number of rotatable bonds is 9. The first-order chi connectivity index (χ1) is 15.0. The molecule has 3 N–H and O–H groups in total. The van der Waals surface area contributed by atoms with Gasteiger partial charge in [0, 0.05) is 50.9 Å². The van der Waals surface area contributed by atoms with Gasteiger partial charge in [0.05, 0.1) is 12.8 Å². The van der Waals surface area contributed by atoms with E-state index in [0.717, 1.165) is 51.4 Å². The molecule has 2 aliphatic rings. The Morgan fingerprint density at radius 2 is 1.84 bits per heavy atom. The van der Waals surface area contributed by atoms with E-state index in [1.807, 2.05) is 6.92 Å². The van der Waals surface area contributed by atoms with E-state index in [9.17, 15) is 14.6 Å². The standard InChI is InChI=1S/C23H33FN4O3/c1-16-21(25-15-17-4-5-17)23(30)28(22(16)29)9-3-8-26-10-12-27(13-11-26)19-14-18(24)6-7-20(19)31-2/h6-7,14,17,25,29-30H,3-5,8-13,15H2,1-2H3. The Hall–Kier alpha value is -2.61. The lowest BCUT2D eigenvalue weighted by Crippen LogP contribution is -2.46. The number of hydrogen-bond acceptors (Lipinski definition) is 6. The maximum Gasteiger partial charge on any atom is 0.218 e. The monoisotopic (exact) mass is 432 g/mol. The third-order valence-corrected chi connectivity index (χ3v) is 6.42. The van der Waals surface area contributed by atoms with E-state index < -0.39 is 0 Å². The van der Waals surface area contributed by atoms with E-state index >= 15 is 0 Å². The highest BCUT2D eigenvalue weighted by atomic mass is 19.1. The molecular weight excluding hydrogens is 399 g/mol. The molecule has 2 fully saturated rings. The predicted octanol–water partition coefficient (Wildman–Crippen LogP) is 3.39. The van der Waals surface area contributed by atoms with Crippen molar-refractivity contribution in [2.75, 3.05) is 56.6 Å². The first-order valence-corrected chi connectivity index (χ1v) is 11.1. The van der Waals surface area contributed by atoms with Crippen molar-refractivity contribution >= 4 is 11.4 Å². The number of nitrogens with one attached hydrogen (secondary N) is 1. The fourth-order valence-corrected chi connectivity index (χ4v) is 4.28. The lowest BCUT2D eigenvalue weighted by Gasteiger charge is -2.36. The number of aromatic nitrogens is 1. The van der Waals surface area contributed by atoms with E-state index in [0.29, 0.717) is 29.5 Å². The van der Waals surface area contributed by atoms with Gasteiger partial charge >= 0.3 is 0 Å². The van der Waals surface area contributed by atoms with Gasteiger partial charge in [-0.2, -0.15) is 0 Å². The second-order valence-corrected chi connectivity index (χ2v) is 8.62. The molecule has 31 heavy (non-hydrogen) atoms. The van der Waals surface area contributed by atoms with Crippen molar-refractivity contribution in [1.82, 2.24) is 9.47 Å². The minimum absolute atomic E-state index is 0.124. The fraction of sp³-hybridized carbons (Fsp3) is 0.565. The van der Waals surface area contributed by atoms with Crippen molar-refractivity contribution in [3.05, 3.63) is 29.6 Å². The molecular formula is C23H33FN4O3. The summed E-state index contributed by atoms with van der Waals surface area (Å²) in [6.07, 6.45) is 3.29. The largest absolute Gasteiger partial charge is 0.495 e. The van der Waals surface area contributed by atoms with Gasteiger partial charge < -0.3 is 25.2 Å². The van der Waals surface area contributed by atoms with Crippen molar-refractivity contribution in [3.63, 3.8) is 0 Å². The van der Waals surface area contributed by atoms with Crippen LogP contribution in [0.3, 0.4) is 0 Å². The van der Waals surface area contributed by atoms with E-state index in [-0.39, 0.29) is 17.6 Å². The molecule has 1 aromatic heterocycles. The average Bonchev–Trinajstić information content (AvgIpc) is 3.58. The number of benzene rings is 1. The van der Waals surface area contributed by atoms with Crippen LogP contribution in [-0.2, 0) is 6.54 Å². The highest BCUT2D eigenvalue weighted by molar-refractivity contribution is 5.64. The van der Waals surface area contributed by atoms with Crippen molar-refractivity contribution in [2.45, 2.75) is 32.7 Å². The van der Waals surface area contributed by atoms with Crippen molar-refractivity contribution in [1.29, 1.82) is 0 Å². The summed E-state index contributed by atoms with van der Waals surface area (Å²) in [5.41, 5.74) is 2.16. The third kappa shape index (κ3) is 4.84. The summed E-state index contributed by atoms with van der Waals surface area (Å²) in [4.78, 5) is 4.52. The smallest absolute Gasteiger partial charge is 0.218 e. The molecule has 1 aliphatic heterocycles. The molecule has 4 rings (SSSR count). The number of anilines is 2. The molecule has 0 radical (unpaired) electrons. The quantitative estimate of drug-likeness (QED) is 0.564. The summed E-state index contributed by atoms with van der Waals surface area (Å²) in [5.74, 6) is 1.38. The van der Waals surface area contributed by atoms with Gasteiger partial charge in [0.1, 0.15) is 17.3 Å². The Morgan fingerprint density at radius 3 is 2.52 bits per heavy atom. The van der Waals surface area contributed by atoms with E-state index in [4.69, 9.17) is 4.74 Å². The van der Waals surface area contributed by atoms with Gasteiger partial charge in [0.15, 0.2) is 5.88 Å². The number of ether oxygens (including phenoxy) is 1. The Kier molecular flexibility index (Phi) is 6.46. The molecule has 0 amide bonds. The summed E-state index contributed by atoms with van der Waals surface area (Å²) >= 11 is 0. The van der Waals surface area contributed by atoms with Crippen molar-refractivity contribution in [3.8, 4) is 17.5 Å². The van der Waals surface area contributed by atoms with Gasteiger partial charge in [0.25, 0.3) is 0 Å². The van der Waals surface area contributed by atoms with Gasteiger partial charge in [-0.25, -0.2) is 4.39 Å². The Balaban J connectivity index is 1.28. The number of piperazine rings is 1. The summed E-state index contributed by atoms with van der Waals surface area (Å²) in [7, 11) is 1.60. The topological polar surface area (TPSA) is 73.1 Å². The molecule has 8 heteroatoms. The van der Waals surface area contributed by atoms with Crippen LogP contribution < -0.4 is 15.0 Å². The third-order valence-electron chi connectivity index (χ3n) is 6.42.